The van der Waals surface area contributed by atoms with Gasteiger partial charge in [-0.25, -0.2) is 0 Å². The molecule has 104 valence electrons. The molecule has 1 heterocycles. The van der Waals surface area contributed by atoms with Crippen LogP contribution in [0.15, 0.2) is 24.3 Å². The van der Waals surface area contributed by atoms with Crippen LogP contribution in [0.3, 0.4) is 0 Å². The molecule has 4 heteroatoms. The van der Waals surface area contributed by atoms with Crippen molar-refractivity contribution in [3.05, 3.63) is 29.8 Å². The van der Waals surface area contributed by atoms with E-state index >= 15 is 0 Å². The molecule has 1 aromatic rings. The minimum atomic E-state index is -0.220. The Morgan fingerprint density at radius 2 is 2.11 bits per heavy atom. The first-order valence-corrected chi connectivity index (χ1v) is 6.64. The van der Waals surface area contributed by atoms with Crippen LogP contribution in [0.2, 0.25) is 0 Å². The molecular formula is C15H21NO3. The van der Waals surface area contributed by atoms with Crippen LogP contribution in [-0.4, -0.2) is 44.7 Å². The van der Waals surface area contributed by atoms with Crippen molar-refractivity contribution in [1.82, 2.24) is 4.90 Å². The van der Waals surface area contributed by atoms with Gasteiger partial charge in [0.15, 0.2) is 0 Å². The summed E-state index contributed by atoms with van der Waals surface area (Å²) in [6, 6.07) is 7.65. The largest absolute Gasteiger partial charge is 0.493 e. The summed E-state index contributed by atoms with van der Waals surface area (Å²) in [7, 11) is 3.54. The Hall–Kier alpha value is -1.55. The third kappa shape index (κ3) is 4.24. The van der Waals surface area contributed by atoms with E-state index in [-0.39, 0.29) is 5.97 Å². The van der Waals surface area contributed by atoms with Crippen molar-refractivity contribution in [3.63, 3.8) is 0 Å². The molecule has 0 aliphatic carbocycles. The maximum atomic E-state index is 11.1. The average molecular weight is 263 g/mol. The van der Waals surface area contributed by atoms with Gasteiger partial charge < -0.3 is 14.4 Å². The van der Waals surface area contributed by atoms with Crippen LogP contribution < -0.4 is 4.74 Å². The maximum Gasteiger partial charge on any atom is 0.309 e. The van der Waals surface area contributed by atoms with E-state index in [2.05, 4.69) is 16.7 Å². The molecule has 0 saturated carbocycles. The summed E-state index contributed by atoms with van der Waals surface area (Å²) in [5.41, 5.74) is 0.944. The van der Waals surface area contributed by atoms with Gasteiger partial charge in [-0.15, -0.1) is 0 Å². The Kier molecular flexibility index (Phi) is 4.80. The van der Waals surface area contributed by atoms with E-state index in [0.717, 1.165) is 31.0 Å². The van der Waals surface area contributed by atoms with Crippen LogP contribution in [0.4, 0.5) is 0 Å². The second-order valence-corrected chi connectivity index (χ2v) is 5.12. The average Bonchev–Trinajstić information content (AvgIpc) is 2.83. The Labute approximate surface area is 114 Å². The quantitative estimate of drug-likeness (QED) is 0.758. The fourth-order valence-corrected chi connectivity index (χ4v) is 2.32. The zero-order valence-corrected chi connectivity index (χ0v) is 11.6. The molecule has 1 atom stereocenters. The Balaban J connectivity index is 1.80. The lowest BCUT2D eigenvalue weighted by atomic mass is 10.1. The van der Waals surface area contributed by atoms with Crippen molar-refractivity contribution >= 4 is 5.97 Å². The molecule has 0 spiro atoms. The second-order valence-electron chi connectivity index (χ2n) is 5.12. The van der Waals surface area contributed by atoms with Crippen molar-refractivity contribution in [3.8, 4) is 5.75 Å². The third-order valence-electron chi connectivity index (χ3n) is 3.47. The molecule has 1 aliphatic rings. The number of rotatable bonds is 5. The van der Waals surface area contributed by atoms with Crippen LogP contribution >= 0.6 is 0 Å². The summed E-state index contributed by atoms with van der Waals surface area (Å²) >= 11 is 0. The molecule has 1 aliphatic heterocycles. The lowest BCUT2D eigenvalue weighted by Gasteiger charge is -2.12. The Bertz CT molecular complexity index is 416. The minimum absolute atomic E-state index is 0.220. The van der Waals surface area contributed by atoms with Crippen LogP contribution in [0.1, 0.15) is 12.0 Å². The summed E-state index contributed by atoms with van der Waals surface area (Å²) in [6.07, 6.45) is 1.52. The van der Waals surface area contributed by atoms with Gasteiger partial charge in [0.1, 0.15) is 5.75 Å². The fraction of sp³-hybridized carbons (Fsp3) is 0.533. The number of carbonyl (C=O) groups is 1. The SMILES string of the molecule is COC(=O)Cc1ccc(OCC2CCN(C)C2)cc1. The fourth-order valence-electron chi connectivity index (χ4n) is 2.32. The molecule has 1 fully saturated rings. The van der Waals surface area contributed by atoms with Crippen molar-refractivity contribution in [2.75, 3.05) is 33.9 Å². The molecule has 1 unspecified atom stereocenters. The first kappa shape index (κ1) is 13.9. The molecule has 0 radical (unpaired) electrons. The van der Waals surface area contributed by atoms with Gasteiger partial charge in [0, 0.05) is 12.5 Å². The molecule has 4 nitrogen and oxygen atoms in total. The normalized spacial score (nSPS) is 19.4. The highest BCUT2D eigenvalue weighted by Crippen LogP contribution is 2.18. The van der Waals surface area contributed by atoms with Crippen LogP contribution in [0.5, 0.6) is 5.75 Å². The second kappa shape index (κ2) is 6.57. The number of benzene rings is 1. The predicted octanol–water partition coefficient (Wildman–Crippen LogP) is 1.73. The summed E-state index contributed by atoms with van der Waals surface area (Å²) in [5.74, 6) is 1.27. The summed E-state index contributed by atoms with van der Waals surface area (Å²) in [6.45, 7) is 3.03. The van der Waals surface area contributed by atoms with Gasteiger partial charge >= 0.3 is 5.97 Å². The molecule has 0 N–H and O–H groups in total. The highest BCUT2D eigenvalue weighted by Gasteiger charge is 2.19. The van der Waals surface area contributed by atoms with E-state index in [1.807, 2.05) is 24.3 Å². The number of carbonyl (C=O) groups excluding carboxylic acids is 1. The van der Waals surface area contributed by atoms with Gasteiger partial charge in [0.25, 0.3) is 0 Å². The van der Waals surface area contributed by atoms with E-state index in [1.165, 1.54) is 13.5 Å². The monoisotopic (exact) mass is 263 g/mol. The molecule has 1 saturated heterocycles. The van der Waals surface area contributed by atoms with Gasteiger partial charge in [-0.05, 0) is 37.7 Å². The number of methoxy groups -OCH3 is 1. The first-order valence-electron chi connectivity index (χ1n) is 6.64. The van der Waals surface area contributed by atoms with Crippen LogP contribution in [0.25, 0.3) is 0 Å². The Morgan fingerprint density at radius 3 is 2.68 bits per heavy atom. The summed E-state index contributed by atoms with van der Waals surface area (Å²) < 4.78 is 10.4. The van der Waals surface area contributed by atoms with Gasteiger partial charge in [-0.2, -0.15) is 0 Å². The van der Waals surface area contributed by atoms with E-state index in [0.29, 0.717) is 12.3 Å². The molecule has 1 aromatic carbocycles. The number of likely N-dealkylation sites (tertiary alicyclic amines) is 1. The van der Waals surface area contributed by atoms with Crippen molar-refractivity contribution < 1.29 is 14.3 Å². The lowest BCUT2D eigenvalue weighted by molar-refractivity contribution is -0.139. The highest BCUT2D eigenvalue weighted by molar-refractivity contribution is 5.72. The van der Waals surface area contributed by atoms with E-state index in [4.69, 9.17) is 4.74 Å². The molecule has 2 rings (SSSR count). The first-order chi connectivity index (χ1) is 9.17. The number of nitrogens with zero attached hydrogens (tertiary/aromatic N) is 1. The molecule has 0 bridgehead atoms. The predicted molar refractivity (Wildman–Crippen MR) is 73.3 cm³/mol. The standard InChI is InChI=1S/C15H21NO3/c1-16-8-7-13(10-16)11-19-14-5-3-12(4-6-14)9-15(17)18-2/h3-6,13H,7-11H2,1-2H3. The van der Waals surface area contributed by atoms with E-state index in [9.17, 15) is 4.79 Å². The molecule has 0 amide bonds. The van der Waals surface area contributed by atoms with Gasteiger partial charge in [-0.3, -0.25) is 4.79 Å². The van der Waals surface area contributed by atoms with E-state index in [1.54, 1.807) is 0 Å². The van der Waals surface area contributed by atoms with Gasteiger partial charge in [-0.1, -0.05) is 12.1 Å². The summed E-state index contributed by atoms with van der Waals surface area (Å²) in [5, 5.41) is 0. The number of esters is 1. The number of hydrogen-bond acceptors (Lipinski definition) is 4. The van der Waals surface area contributed by atoms with Gasteiger partial charge in [0.05, 0.1) is 20.1 Å². The molecular weight excluding hydrogens is 242 g/mol. The zero-order valence-electron chi connectivity index (χ0n) is 11.6. The van der Waals surface area contributed by atoms with Crippen LogP contribution in [-0.2, 0) is 16.0 Å². The summed E-state index contributed by atoms with van der Waals surface area (Å²) in [4.78, 5) is 13.5. The maximum absolute atomic E-state index is 11.1. The third-order valence-corrected chi connectivity index (χ3v) is 3.47. The van der Waals surface area contributed by atoms with E-state index < -0.39 is 0 Å². The number of ether oxygens (including phenoxy) is 2. The van der Waals surface area contributed by atoms with Crippen LogP contribution in [0, 0.1) is 5.92 Å². The molecule has 19 heavy (non-hydrogen) atoms. The van der Waals surface area contributed by atoms with Gasteiger partial charge in [0.2, 0.25) is 0 Å². The number of hydrogen-bond donors (Lipinski definition) is 0. The van der Waals surface area contributed by atoms with Crippen molar-refractivity contribution in [1.29, 1.82) is 0 Å². The lowest BCUT2D eigenvalue weighted by Crippen LogP contribution is -2.17. The smallest absolute Gasteiger partial charge is 0.309 e. The Morgan fingerprint density at radius 1 is 1.37 bits per heavy atom. The highest BCUT2D eigenvalue weighted by atomic mass is 16.5. The topological polar surface area (TPSA) is 38.8 Å². The zero-order chi connectivity index (χ0) is 13.7. The minimum Gasteiger partial charge on any atom is -0.493 e. The van der Waals surface area contributed by atoms with Crippen molar-refractivity contribution in [2.24, 2.45) is 5.92 Å². The molecule has 0 aromatic heterocycles. The van der Waals surface area contributed by atoms with Crippen molar-refractivity contribution in [2.45, 2.75) is 12.8 Å².